The zero-order valence-corrected chi connectivity index (χ0v) is 12.8. The Balaban J connectivity index is 2.04. The molecule has 1 aliphatic rings. The molecule has 0 unspecified atom stereocenters. The maximum Gasteiger partial charge on any atom is 0.240 e. The monoisotopic (exact) mass is 298 g/mol. The molecule has 1 aromatic rings. The van der Waals surface area contributed by atoms with Gasteiger partial charge in [-0.15, -0.1) is 0 Å². The Morgan fingerprint density at radius 2 is 1.85 bits per heavy atom. The molecule has 6 heteroatoms. The topological polar surface area (TPSA) is 69.6 Å². The summed E-state index contributed by atoms with van der Waals surface area (Å²) in [7, 11) is -3.40. The van der Waals surface area contributed by atoms with Crippen molar-refractivity contribution in [3.63, 3.8) is 0 Å². The van der Waals surface area contributed by atoms with Gasteiger partial charge in [-0.05, 0) is 37.1 Å². The lowest BCUT2D eigenvalue weighted by atomic mass is 9.91. The molecule has 0 bridgehead atoms. The highest BCUT2D eigenvalue weighted by Crippen LogP contribution is 2.30. The fraction of sp³-hybridized carbons (Fsp3) is 0.571. The molecular formula is C14H22N2O3S. The van der Waals surface area contributed by atoms with Crippen molar-refractivity contribution in [1.82, 2.24) is 4.72 Å². The molecule has 0 aromatic heterocycles. The van der Waals surface area contributed by atoms with E-state index in [2.05, 4.69) is 4.72 Å². The van der Waals surface area contributed by atoms with Crippen molar-refractivity contribution >= 4 is 15.7 Å². The first-order valence-electron chi connectivity index (χ1n) is 6.97. The lowest BCUT2D eigenvalue weighted by Gasteiger charge is -2.47. The number of anilines is 1. The Labute approximate surface area is 120 Å². The van der Waals surface area contributed by atoms with Gasteiger partial charge in [0, 0.05) is 25.3 Å². The molecule has 112 valence electrons. The normalized spacial score (nSPS) is 17.9. The zero-order chi connectivity index (χ0) is 14.8. The second-order valence-electron chi connectivity index (χ2n) is 5.33. The number of sulfonamides is 1. The van der Waals surface area contributed by atoms with Crippen molar-refractivity contribution in [2.45, 2.75) is 37.2 Å². The fourth-order valence-electron chi connectivity index (χ4n) is 2.23. The average molecular weight is 298 g/mol. The van der Waals surface area contributed by atoms with Gasteiger partial charge in [-0.25, -0.2) is 13.1 Å². The molecule has 0 spiro atoms. The lowest BCUT2D eigenvalue weighted by Crippen LogP contribution is -2.61. The van der Waals surface area contributed by atoms with E-state index in [9.17, 15) is 13.5 Å². The second-order valence-corrected chi connectivity index (χ2v) is 7.09. The third kappa shape index (κ3) is 3.13. The van der Waals surface area contributed by atoms with Gasteiger partial charge in [0.1, 0.15) is 0 Å². The maximum atomic E-state index is 11.9. The number of hydrogen-bond acceptors (Lipinski definition) is 4. The van der Waals surface area contributed by atoms with E-state index in [4.69, 9.17) is 0 Å². The van der Waals surface area contributed by atoms with Crippen molar-refractivity contribution < 1.29 is 13.5 Å². The minimum Gasteiger partial charge on any atom is -0.386 e. The number of aliphatic hydroxyl groups is 1. The van der Waals surface area contributed by atoms with Crippen LogP contribution in [0.1, 0.15) is 26.7 Å². The number of β-amino-alcohol motifs (C(OH)–C–C–N with tert-alkyl or cyclic N) is 1. The van der Waals surface area contributed by atoms with Crippen LogP contribution in [0.3, 0.4) is 0 Å². The van der Waals surface area contributed by atoms with Gasteiger partial charge in [-0.3, -0.25) is 0 Å². The molecule has 0 radical (unpaired) electrons. The van der Waals surface area contributed by atoms with Gasteiger partial charge >= 0.3 is 0 Å². The van der Waals surface area contributed by atoms with E-state index in [0.717, 1.165) is 18.5 Å². The van der Waals surface area contributed by atoms with Crippen LogP contribution in [-0.2, 0) is 10.0 Å². The van der Waals surface area contributed by atoms with E-state index < -0.39 is 15.6 Å². The summed E-state index contributed by atoms with van der Waals surface area (Å²) in [4.78, 5) is 2.32. The quantitative estimate of drug-likeness (QED) is 0.831. The zero-order valence-electron chi connectivity index (χ0n) is 12.0. The number of nitrogens with zero attached hydrogens (tertiary/aromatic N) is 1. The van der Waals surface area contributed by atoms with Crippen molar-refractivity contribution in [3.8, 4) is 0 Å². The van der Waals surface area contributed by atoms with Crippen LogP contribution in [0.4, 0.5) is 5.69 Å². The number of benzene rings is 1. The Morgan fingerprint density at radius 3 is 2.35 bits per heavy atom. The van der Waals surface area contributed by atoms with Crippen LogP contribution in [0.15, 0.2) is 29.2 Å². The highest BCUT2D eigenvalue weighted by atomic mass is 32.2. The van der Waals surface area contributed by atoms with Gasteiger partial charge in [0.25, 0.3) is 0 Å². The van der Waals surface area contributed by atoms with Crippen LogP contribution in [0, 0.1) is 0 Å². The first-order chi connectivity index (χ1) is 9.40. The van der Waals surface area contributed by atoms with Crippen LogP contribution >= 0.6 is 0 Å². The molecule has 1 aromatic carbocycles. The van der Waals surface area contributed by atoms with Crippen molar-refractivity contribution in [2.75, 3.05) is 24.5 Å². The third-order valence-corrected chi connectivity index (χ3v) is 5.16. The van der Waals surface area contributed by atoms with Crippen LogP contribution in [0.25, 0.3) is 0 Å². The first-order valence-corrected chi connectivity index (χ1v) is 8.45. The van der Waals surface area contributed by atoms with E-state index in [0.29, 0.717) is 19.6 Å². The highest BCUT2D eigenvalue weighted by molar-refractivity contribution is 7.89. The molecule has 2 N–H and O–H groups in total. The molecule has 0 atom stereocenters. The molecule has 1 aliphatic heterocycles. The summed E-state index contributed by atoms with van der Waals surface area (Å²) >= 11 is 0. The summed E-state index contributed by atoms with van der Waals surface area (Å²) in [6.07, 6.45) is 1.50. The standard InChI is InChI=1S/C14H22N2O3S/c1-3-9-15-20(18,19)13-7-5-12(6-8-13)16-10-14(17,4-2)11-16/h5-8,15,17H,3-4,9-11H2,1-2H3. The van der Waals surface area contributed by atoms with Gasteiger partial charge in [-0.2, -0.15) is 0 Å². The molecule has 0 amide bonds. The predicted molar refractivity (Wildman–Crippen MR) is 79.4 cm³/mol. The number of rotatable bonds is 6. The molecule has 0 saturated carbocycles. The smallest absolute Gasteiger partial charge is 0.240 e. The van der Waals surface area contributed by atoms with Crippen LogP contribution in [0.5, 0.6) is 0 Å². The summed E-state index contributed by atoms with van der Waals surface area (Å²) in [6, 6.07) is 6.79. The Kier molecular flexibility index (Phi) is 4.36. The highest BCUT2D eigenvalue weighted by Gasteiger charge is 2.39. The Bertz CT molecular complexity index is 548. The second kappa shape index (κ2) is 5.71. The molecule has 1 saturated heterocycles. The predicted octanol–water partition coefficient (Wildman–Crippen LogP) is 1.34. The summed E-state index contributed by atoms with van der Waals surface area (Å²) in [5.41, 5.74) is 0.352. The average Bonchev–Trinajstić information content (AvgIpc) is 2.42. The van der Waals surface area contributed by atoms with E-state index in [1.807, 2.05) is 18.7 Å². The first kappa shape index (κ1) is 15.3. The van der Waals surface area contributed by atoms with E-state index in [-0.39, 0.29) is 4.90 Å². The summed E-state index contributed by atoms with van der Waals surface area (Å²) in [6.45, 7) is 5.53. The Hall–Kier alpha value is -1.11. The largest absolute Gasteiger partial charge is 0.386 e. The summed E-state index contributed by atoms with van der Waals surface area (Å²) in [5, 5.41) is 9.98. The lowest BCUT2D eigenvalue weighted by molar-refractivity contribution is 0.00852. The van der Waals surface area contributed by atoms with E-state index in [1.165, 1.54) is 0 Å². The van der Waals surface area contributed by atoms with Crippen LogP contribution < -0.4 is 9.62 Å². The van der Waals surface area contributed by atoms with Gasteiger partial charge in [0.2, 0.25) is 10.0 Å². The SMILES string of the molecule is CCCNS(=O)(=O)c1ccc(N2CC(O)(CC)C2)cc1. The van der Waals surface area contributed by atoms with Gasteiger partial charge in [0.05, 0.1) is 10.5 Å². The number of nitrogens with one attached hydrogen (secondary N) is 1. The molecule has 1 fully saturated rings. The van der Waals surface area contributed by atoms with Crippen molar-refractivity contribution in [2.24, 2.45) is 0 Å². The Morgan fingerprint density at radius 1 is 1.25 bits per heavy atom. The molecule has 5 nitrogen and oxygen atoms in total. The minimum absolute atomic E-state index is 0.279. The van der Waals surface area contributed by atoms with Gasteiger partial charge in [0.15, 0.2) is 0 Å². The fourth-order valence-corrected chi connectivity index (χ4v) is 3.36. The molecule has 2 rings (SSSR count). The molecule has 1 heterocycles. The molecule has 0 aliphatic carbocycles. The van der Waals surface area contributed by atoms with Crippen LogP contribution in [-0.4, -0.2) is 38.8 Å². The summed E-state index contributed by atoms with van der Waals surface area (Å²) in [5.74, 6) is 0. The molecular weight excluding hydrogens is 276 g/mol. The van der Waals surface area contributed by atoms with Crippen molar-refractivity contribution in [1.29, 1.82) is 0 Å². The molecule has 20 heavy (non-hydrogen) atoms. The summed E-state index contributed by atoms with van der Waals surface area (Å²) < 4.78 is 26.4. The number of hydrogen-bond donors (Lipinski definition) is 2. The van der Waals surface area contributed by atoms with Gasteiger partial charge in [-0.1, -0.05) is 13.8 Å². The van der Waals surface area contributed by atoms with Crippen LogP contribution in [0.2, 0.25) is 0 Å². The van der Waals surface area contributed by atoms with E-state index in [1.54, 1.807) is 24.3 Å². The maximum absolute atomic E-state index is 11.9. The van der Waals surface area contributed by atoms with E-state index >= 15 is 0 Å². The third-order valence-electron chi connectivity index (χ3n) is 3.68. The van der Waals surface area contributed by atoms with Crippen molar-refractivity contribution in [3.05, 3.63) is 24.3 Å². The van der Waals surface area contributed by atoms with Gasteiger partial charge < -0.3 is 10.0 Å². The minimum atomic E-state index is -3.40.